The molecule has 4 nitrogen and oxygen atoms in total. The molecule has 1 fully saturated rings. The van der Waals surface area contributed by atoms with Gasteiger partial charge in [0.05, 0.1) is 13.7 Å². The largest absolute Gasteiger partial charge is 0.496 e. The van der Waals surface area contributed by atoms with Crippen LogP contribution in [0.4, 0.5) is 0 Å². The second-order valence-corrected chi connectivity index (χ2v) is 5.95. The Kier molecular flexibility index (Phi) is 6.03. The Morgan fingerprint density at radius 2 is 2.14 bits per heavy atom. The van der Waals surface area contributed by atoms with Gasteiger partial charge in [-0.25, -0.2) is 0 Å². The lowest BCUT2D eigenvalue weighted by Gasteiger charge is -2.30. The van der Waals surface area contributed by atoms with Gasteiger partial charge in [-0.3, -0.25) is 4.90 Å². The summed E-state index contributed by atoms with van der Waals surface area (Å²) in [5.41, 5.74) is 2.12. The van der Waals surface area contributed by atoms with E-state index in [2.05, 4.69) is 29.8 Å². The van der Waals surface area contributed by atoms with Crippen LogP contribution in [-0.2, 0) is 13.2 Å². The minimum absolute atomic E-state index is 0.0803. The zero-order valence-corrected chi connectivity index (χ0v) is 13.5. The molecule has 1 saturated heterocycles. The zero-order chi connectivity index (χ0) is 15.2. The number of methoxy groups -OCH3 is 1. The molecule has 1 N–H and O–H groups in total. The van der Waals surface area contributed by atoms with E-state index in [0.29, 0.717) is 6.04 Å². The summed E-state index contributed by atoms with van der Waals surface area (Å²) in [7, 11) is 3.92. The van der Waals surface area contributed by atoms with Crippen molar-refractivity contribution in [2.24, 2.45) is 0 Å². The summed E-state index contributed by atoms with van der Waals surface area (Å²) in [6.45, 7) is 6.65. The highest BCUT2D eigenvalue weighted by Gasteiger charge is 2.23. The van der Waals surface area contributed by atoms with E-state index in [4.69, 9.17) is 4.74 Å². The SMILES string of the molecule is CCC1CN(C)CCCN1Cc1cc(CO)ccc1OC. The highest BCUT2D eigenvalue weighted by molar-refractivity contribution is 5.37. The first-order valence-corrected chi connectivity index (χ1v) is 7.87. The third-order valence-corrected chi connectivity index (χ3v) is 4.40. The highest BCUT2D eigenvalue weighted by Crippen LogP contribution is 2.24. The number of ether oxygens (including phenoxy) is 1. The molecule has 0 aliphatic carbocycles. The average molecular weight is 292 g/mol. The molecule has 0 radical (unpaired) electrons. The molecule has 4 heteroatoms. The Hall–Kier alpha value is -1.10. The molecule has 2 rings (SSSR count). The van der Waals surface area contributed by atoms with E-state index in [0.717, 1.165) is 37.4 Å². The van der Waals surface area contributed by atoms with Crippen LogP contribution in [0.2, 0.25) is 0 Å². The average Bonchev–Trinajstić information content (AvgIpc) is 2.68. The van der Waals surface area contributed by atoms with Crippen LogP contribution in [0, 0.1) is 0 Å². The summed E-state index contributed by atoms with van der Waals surface area (Å²) in [5.74, 6) is 0.916. The van der Waals surface area contributed by atoms with Crippen LogP contribution in [0.1, 0.15) is 30.9 Å². The summed E-state index contributed by atoms with van der Waals surface area (Å²) in [5, 5.41) is 9.35. The number of rotatable bonds is 5. The zero-order valence-electron chi connectivity index (χ0n) is 13.5. The Morgan fingerprint density at radius 1 is 1.33 bits per heavy atom. The van der Waals surface area contributed by atoms with Gasteiger partial charge in [-0.15, -0.1) is 0 Å². The fourth-order valence-electron chi connectivity index (χ4n) is 3.16. The standard InChI is InChI=1S/C17H28N2O2/c1-4-16-12-18(2)8-5-9-19(16)11-15-10-14(13-20)6-7-17(15)21-3/h6-7,10,16,20H,4-5,8-9,11-13H2,1-3H3. The van der Waals surface area contributed by atoms with Gasteiger partial charge >= 0.3 is 0 Å². The maximum Gasteiger partial charge on any atom is 0.123 e. The van der Waals surface area contributed by atoms with Gasteiger partial charge in [-0.2, -0.15) is 0 Å². The summed E-state index contributed by atoms with van der Waals surface area (Å²) in [6.07, 6.45) is 2.36. The van der Waals surface area contributed by atoms with Gasteiger partial charge < -0.3 is 14.7 Å². The lowest BCUT2D eigenvalue weighted by atomic mass is 10.1. The van der Waals surface area contributed by atoms with Gasteiger partial charge in [-0.05, 0) is 44.1 Å². The number of hydrogen-bond donors (Lipinski definition) is 1. The monoisotopic (exact) mass is 292 g/mol. The lowest BCUT2D eigenvalue weighted by Crippen LogP contribution is -2.39. The molecule has 0 bridgehead atoms. The quantitative estimate of drug-likeness (QED) is 0.901. The second-order valence-electron chi connectivity index (χ2n) is 5.95. The molecule has 1 heterocycles. The number of aliphatic hydroxyl groups excluding tert-OH is 1. The minimum atomic E-state index is 0.0803. The second kappa shape index (κ2) is 7.78. The molecule has 1 aliphatic heterocycles. The van der Waals surface area contributed by atoms with Gasteiger partial charge in [0.15, 0.2) is 0 Å². The number of nitrogens with zero attached hydrogens (tertiary/aromatic N) is 2. The van der Waals surface area contributed by atoms with E-state index in [-0.39, 0.29) is 6.61 Å². The van der Waals surface area contributed by atoms with Gasteiger partial charge in [0.2, 0.25) is 0 Å². The first-order valence-electron chi connectivity index (χ1n) is 7.87. The van der Waals surface area contributed by atoms with Crippen LogP contribution in [0.25, 0.3) is 0 Å². The molecule has 0 aromatic heterocycles. The topological polar surface area (TPSA) is 35.9 Å². The van der Waals surface area contributed by atoms with Crippen LogP contribution in [0.5, 0.6) is 5.75 Å². The van der Waals surface area contributed by atoms with Crippen molar-refractivity contribution in [3.05, 3.63) is 29.3 Å². The normalized spacial score (nSPS) is 21.2. The predicted octanol–water partition coefficient (Wildman–Crippen LogP) is 2.10. The summed E-state index contributed by atoms with van der Waals surface area (Å²) >= 11 is 0. The van der Waals surface area contributed by atoms with Gasteiger partial charge in [0, 0.05) is 31.2 Å². The predicted molar refractivity (Wildman–Crippen MR) is 85.5 cm³/mol. The van der Waals surface area contributed by atoms with E-state index < -0.39 is 0 Å². The van der Waals surface area contributed by atoms with Gasteiger partial charge in [-0.1, -0.05) is 13.0 Å². The molecule has 0 saturated carbocycles. The summed E-state index contributed by atoms with van der Waals surface area (Å²) in [6, 6.07) is 6.54. The fourth-order valence-corrected chi connectivity index (χ4v) is 3.16. The molecule has 0 amide bonds. The van der Waals surface area contributed by atoms with Crippen LogP contribution < -0.4 is 4.74 Å². The van der Waals surface area contributed by atoms with E-state index in [9.17, 15) is 5.11 Å². The van der Waals surface area contributed by atoms with Crippen LogP contribution in [-0.4, -0.2) is 54.7 Å². The minimum Gasteiger partial charge on any atom is -0.496 e. The van der Waals surface area contributed by atoms with Gasteiger partial charge in [0.25, 0.3) is 0 Å². The number of likely N-dealkylation sites (N-methyl/N-ethyl adjacent to an activating group) is 1. The van der Waals surface area contributed by atoms with Crippen molar-refractivity contribution in [3.8, 4) is 5.75 Å². The number of hydrogen-bond acceptors (Lipinski definition) is 4. The van der Waals surface area contributed by atoms with Crippen molar-refractivity contribution < 1.29 is 9.84 Å². The van der Waals surface area contributed by atoms with E-state index in [1.165, 1.54) is 18.5 Å². The van der Waals surface area contributed by atoms with Crippen LogP contribution in [0.3, 0.4) is 0 Å². The Morgan fingerprint density at radius 3 is 2.81 bits per heavy atom. The molecule has 0 spiro atoms. The Labute approximate surface area is 128 Å². The van der Waals surface area contributed by atoms with Crippen molar-refractivity contribution in [3.63, 3.8) is 0 Å². The Bertz CT molecular complexity index is 450. The molecule has 1 atom stereocenters. The van der Waals surface area contributed by atoms with Crippen molar-refractivity contribution >= 4 is 0 Å². The van der Waals surface area contributed by atoms with Gasteiger partial charge in [0.1, 0.15) is 5.75 Å². The van der Waals surface area contributed by atoms with Crippen molar-refractivity contribution in [2.45, 2.75) is 39.0 Å². The van der Waals surface area contributed by atoms with E-state index in [1.807, 2.05) is 12.1 Å². The third kappa shape index (κ3) is 4.19. The van der Waals surface area contributed by atoms with E-state index >= 15 is 0 Å². The molecular weight excluding hydrogens is 264 g/mol. The maximum absolute atomic E-state index is 9.35. The molecule has 1 aromatic carbocycles. The lowest BCUT2D eigenvalue weighted by molar-refractivity contribution is 0.174. The Balaban J connectivity index is 2.18. The molecule has 21 heavy (non-hydrogen) atoms. The van der Waals surface area contributed by atoms with Crippen molar-refractivity contribution in [2.75, 3.05) is 33.8 Å². The highest BCUT2D eigenvalue weighted by atomic mass is 16.5. The smallest absolute Gasteiger partial charge is 0.123 e. The van der Waals surface area contributed by atoms with Crippen LogP contribution in [0.15, 0.2) is 18.2 Å². The molecule has 1 aromatic rings. The van der Waals surface area contributed by atoms with E-state index in [1.54, 1.807) is 7.11 Å². The maximum atomic E-state index is 9.35. The first kappa shape index (κ1) is 16.3. The van der Waals surface area contributed by atoms with Crippen molar-refractivity contribution in [1.82, 2.24) is 9.80 Å². The third-order valence-electron chi connectivity index (χ3n) is 4.40. The van der Waals surface area contributed by atoms with Crippen molar-refractivity contribution in [1.29, 1.82) is 0 Å². The molecule has 118 valence electrons. The number of aliphatic hydroxyl groups is 1. The first-order chi connectivity index (χ1) is 10.2. The molecule has 1 aliphatic rings. The number of benzene rings is 1. The molecular formula is C17H28N2O2. The molecule has 1 unspecified atom stereocenters. The fraction of sp³-hybridized carbons (Fsp3) is 0.647. The summed E-state index contributed by atoms with van der Waals surface area (Å²) in [4.78, 5) is 4.98. The van der Waals surface area contributed by atoms with Crippen LogP contribution >= 0.6 is 0 Å². The summed E-state index contributed by atoms with van der Waals surface area (Å²) < 4.78 is 5.49.